The van der Waals surface area contributed by atoms with E-state index in [9.17, 15) is 4.79 Å². The minimum absolute atomic E-state index is 0.233. The lowest BCUT2D eigenvalue weighted by Crippen LogP contribution is -2.12. The van der Waals surface area contributed by atoms with Gasteiger partial charge in [-0.2, -0.15) is 0 Å². The van der Waals surface area contributed by atoms with Crippen molar-refractivity contribution in [2.45, 2.75) is 0 Å². The maximum atomic E-state index is 11.7. The number of aromatic amines is 1. The first-order valence-electron chi connectivity index (χ1n) is 4.56. The van der Waals surface area contributed by atoms with Gasteiger partial charge in [0.15, 0.2) is 0 Å². The van der Waals surface area contributed by atoms with Crippen molar-refractivity contribution in [3.05, 3.63) is 52.3 Å². The van der Waals surface area contributed by atoms with Crippen molar-refractivity contribution in [2.75, 3.05) is 5.32 Å². The zero-order valence-electron chi connectivity index (χ0n) is 8.13. The molecule has 2 N–H and O–H groups in total. The molecule has 1 amide bonds. The number of rotatable bonds is 2. The highest BCUT2D eigenvalue weighted by Gasteiger charge is 2.07. The molecule has 16 heavy (non-hydrogen) atoms. The zero-order chi connectivity index (χ0) is 11.5. The van der Waals surface area contributed by atoms with Gasteiger partial charge in [-0.25, -0.2) is 0 Å². The maximum absolute atomic E-state index is 11.7. The molecule has 0 aliphatic rings. The van der Waals surface area contributed by atoms with E-state index in [0.717, 1.165) is 0 Å². The van der Waals surface area contributed by atoms with Crippen LogP contribution >= 0.6 is 23.2 Å². The van der Waals surface area contributed by atoms with Crippen molar-refractivity contribution in [2.24, 2.45) is 0 Å². The normalized spacial score (nSPS) is 10.1. The highest BCUT2D eigenvalue weighted by atomic mass is 35.5. The summed E-state index contributed by atoms with van der Waals surface area (Å²) in [6.07, 6.45) is 1.68. The van der Waals surface area contributed by atoms with E-state index in [1.54, 1.807) is 36.5 Å². The van der Waals surface area contributed by atoms with Crippen LogP contribution in [0.25, 0.3) is 0 Å². The van der Waals surface area contributed by atoms with Gasteiger partial charge in [-0.15, -0.1) is 0 Å². The summed E-state index contributed by atoms with van der Waals surface area (Å²) in [5, 5.41) is 3.65. The van der Waals surface area contributed by atoms with Crippen molar-refractivity contribution in [3.63, 3.8) is 0 Å². The molecule has 1 heterocycles. The van der Waals surface area contributed by atoms with Crippen LogP contribution in [0, 0.1) is 0 Å². The first-order valence-corrected chi connectivity index (χ1v) is 5.31. The van der Waals surface area contributed by atoms with Crippen LogP contribution in [0.5, 0.6) is 0 Å². The second-order valence-corrected chi connectivity index (χ2v) is 4.07. The average molecular weight is 255 g/mol. The Kier molecular flexibility index (Phi) is 3.17. The molecule has 2 rings (SSSR count). The van der Waals surface area contributed by atoms with Crippen molar-refractivity contribution in [3.8, 4) is 0 Å². The molecule has 0 saturated heterocycles. The van der Waals surface area contributed by atoms with Crippen molar-refractivity contribution in [1.82, 2.24) is 4.98 Å². The van der Waals surface area contributed by atoms with Gasteiger partial charge in [-0.3, -0.25) is 4.79 Å². The van der Waals surface area contributed by atoms with E-state index in [1.807, 2.05) is 0 Å². The Morgan fingerprint density at radius 1 is 1.19 bits per heavy atom. The first-order chi connectivity index (χ1) is 7.65. The van der Waals surface area contributed by atoms with E-state index < -0.39 is 0 Å². The number of anilines is 1. The molecule has 5 heteroatoms. The first kappa shape index (κ1) is 11.0. The Bertz CT molecular complexity index is 488. The van der Waals surface area contributed by atoms with Gasteiger partial charge in [-0.05, 0) is 30.3 Å². The number of amides is 1. The van der Waals surface area contributed by atoms with Crippen LogP contribution in [0.2, 0.25) is 10.0 Å². The van der Waals surface area contributed by atoms with Crippen LogP contribution in [0.1, 0.15) is 10.5 Å². The smallest absolute Gasteiger partial charge is 0.272 e. The van der Waals surface area contributed by atoms with E-state index in [4.69, 9.17) is 23.2 Å². The number of nitrogens with one attached hydrogen (secondary N) is 2. The molecule has 1 aromatic carbocycles. The van der Waals surface area contributed by atoms with E-state index >= 15 is 0 Å². The predicted molar refractivity (Wildman–Crippen MR) is 65.2 cm³/mol. The Balaban J connectivity index is 2.18. The summed E-state index contributed by atoms with van der Waals surface area (Å²) in [4.78, 5) is 14.5. The summed E-state index contributed by atoms with van der Waals surface area (Å²) < 4.78 is 0. The van der Waals surface area contributed by atoms with E-state index in [0.29, 0.717) is 21.4 Å². The third-order valence-corrected chi connectivity index (χ3v) is 2.40. The molecule has 1 aromatic heterocycles. The fourth-order valence-electron chi connectivity index (χ4n) is 1.30. The van der Waals surface area contributed by atoms with Gasteiger partial charge in [0.1, 0.15) is 5.69 Å². The monoisotopic (exact) mass is 254 g/mol. The molecule has 0 atom stereocenters. The largest absolute Gasteiger partial charge is 0.357 e. The molecule has 0 saturated carbocycles. The molecule has 0 aliphatic carbocycles. The van der Waals surface area contributed by atoms with Crippen LogP contribution in [0.4, 0.5) is 5.69 Å². The lowest BCUT2D eigenvalue weighted by molar-refractivity contribution is 0.102. The maximum Gasteiger partial charge on any atom is 0.272 e. The lowest BCUT2D eigenvalue weighted by Gasteiger charge is -2.04. The topological polar surface area (TPSA) is 44.9 Å². The number of hydrogen-bond donors (Lipinski definition) is 2. The Labute approximate surface area is 102 Å². The predicted octanol–water partition coefficient (Wildman–Crippen LogP) is 3.57. The average Bonchev–Trinajstić information content (AvgIpc) is 2.68. The Hall–Kier alpha value is -1.45. The molecule has 0 aliphatic heterocycles. The van der Waals surface area contributed by atoms with Crippen LogP contribution in [-0.2, 0) is 0 Å². The number of benzene rings is 1. The number of aromatic nitrogens is 1. The van der Waals surface area contributed by atoms with Crippen molar-refractivity contribution < 1.29 is 4.79 Å². The summed E-state index contributed by atoms with van der Waals surface area (Å²) in [7, 11) is 0. The number of hydrogen-bond acceptors (Lipinski definition) is 1. The Morgan fingerprint density at radius 3 is 2.44 bits per heavy atom. The van der Waals surface area contributed by atoms with Crippen LogP contribution in [0.3, 0.4) is 0 Å². The van der Waals surface area contributed by atoms with Gasteiger partial charge in [-0.1, -0.05) is 23.2 Å². The van der Waals surface area contributed by atoms with E-state index in [1.165, 1.54) is 0 Å². The molecule has 2 aromatic rings. The van der Waals surface area contributed by atoms with Gasteiger partial charge in [0.05, 0.1) is 0 Å². The third-order valence-electron chi connectivity index (χ3n) is 1.96. The fraction of sp³-hybridized carbons (Fsp3) is 0. The standard InChI is InChI=1S/C11H8Cl2N2O/c12-7-4-8(13)6-9(5-7)15-11(16)10-2-1-3-14-10/h1-6,14H,(H,15,16). The number of carbonyl (C=O) groups is 1. The van der Waals surface area contributed by atoms with Crippen molar-refractivity contribution >= 4 is 34.8 Å². The second-order valence-electron chi connectivity index (χ2n) is 3.20. The van der Waals surface area contributed by atoms with Gasteiger partial charge >= 0.3 is 0 Å². The summed E-state index contributed by atoms with van der Waals surface area (Å²) >= 11 is 11.6. The second kappa shape index (κ2) is 4.60. The number of carbonyl (C=O) groups excluding carboxylic acids is 1. The molecule has 3 nitrogen and oxygen atoms in total. The Morgan fingerprint density at radius 2 is 1.88 bits per heavy atom. The van der Waals surface area contributed by atoms with Gasteiger partial charge < -0.3 is 10.3 Å². The van der Waals surface area contributed by atoms with Gasteiger partial charge in [0.2, 0.25) is 0 Å². The lowest BCUT2D eigenvalue weighted by atomic mass is 10.3. The van der Waals surface area contributed by atoms with Crippen LogP contribution < -0.4 is 5.32 Å². The summed E-state index contributed by atoms with van der Waals surface area (Å²) in [6, 6.07) is 8.30. The molecule has 0 fully saturated rings. The summed E-state index contributed by atoms with van der Waals surface area (Å²) in [5.41, 5.74) is 1.05. The van der Waals surface area contributed by atoms with Crippen LogP contribution in [0.15, 0.2) is 36.5 Å². The quantitative estimate of drug-likeness (QED) is 0.846. The molecule has 0 bridgehead atoms. The van der Waals surface area contributed by atoms with Gasteiger partial charge in [0, 0.05) is 21.9 Å². The molecule has 0 unspecified atom stereocenters. The molecule has 0 spiro atoms. The SMILES string of the molecule is O=C(Nc1cc(Cl)cc(Cl)c1)c1ccc[nH]1. The third kappa shape index (κ3) is 2.56. The minimum atomic E-state index is -0.233. The number of H-pyrrole nitrogens is 1. The molecule has 82 valence electrons. The van der Waals surface area contributed by atoms with Crippen LogP contribution in [-0.4, -0.2) is 10.9 Å². The molecule has 0 radical (unpaired) electrons. The highest BCUT2D eigenvalue weighted by molar-refractivity contribution is 6.35. The van der Waals surface area contributed by atoms with E-state index in [-0.39, 0.29) is 5.91 Å². The molecular formula is C11H8Cl2N2O. The number of halogens is 2. The molecular weight excluding hydrogens is 247 g/mol. The van der Waals surface area contributed by atoms with Crippen molar-refractivity contribution in [1.29, 1.82) is 0 Å². The minimum Gasteiger partial charge on any atom is -0.357 e. The summed E-state index contributed by atoms with van der Waals surface area (Å²) in [6.45, 7) is 0. The summed E-state index contributed by atoms with van der Waals surface area (Å²) in [5.74, 6) is -0.233. The zero-order valence-corrected chi connectivity index (χ0v) is 9.64. The fourth-order valence-corrected chi connectivity index (χ4v) is 1.82. The van der Waals surface area contributed by atoms with E-state index in [2.05, 4.69) is 10.3 Å². The highest BCUT2D eigenvalue weighted by Crippen LogP contribution is 2.22. The van der Waals surface area contributed by atoms with Gasteiger partial charge in [0.25, 0.3) is 5.91 Å².